The summed E-state index contributed by atoms with van der Waals surface area (Å²) in [6.07, 6.45) is 0. The van der Waals surface area contributed by atoms with Gasteiger partial charge in [0.05, 0.1) is 6.04 Å². The Morgan fingerprint density at radius 3 is 2.55 bits per heavy atom. The molecule has 0 spiro atoms. The van der Waals surface area contributed by atoms with E-state index in [2.05, 4.69) is 17.2 Å². The van der Waals surface area contributed by atoms with E-state index >= 15 is 0 Å². The van der Waals surface area contributed by atoms with Crippen molar-refractivity contribution in [3.05, 3.63) is 66.0 Å². The highest BCUT2D eigenvalue weighted by Gasteiger charge is 2.15. The lowest BCUT2D eigenvalue weighted by atomic mass is 10.1. The topological polar surface area (TPSA) is 38.3 Å². The number of rotatable bonds is 5. The molecule has 112 valence electrons. The van der Waals surface area contributed by atoms with Gasteiger partial charge < -0.3 is 10.1 Å². The van der Waals surface area contributed by atoms with Crippen LogP contribution < -0.4 is 10.1 Å². The van der Waals surface area contributed by atoms with Crippen LogP contribution in [0.5, 0.6) is 5.75 Å². The van der Waals surface area contributed by atoms with Gasteiger partial charge in [-0.25, -0.2) is 4.39 Å². The largest absolute Gasteiger partial charge is 0.488 e. The molecule has 0 saturated carbocycles. The van der Waals surface area contributed by atoms with Crippen LogP contribution in [-0.4, -0.2) is 12.5 Å². The van der Waals surface area contributed by atoms with Crippen molar-refractivity contribution in [3.63, 3.8) is 0 Å². The highest BCUT2D eigenvalue weighted by Crippen LogP contribution is 2.19. The Labute approximate surface area is 129 Å². The summed E-state index contributed by atoms with van der Waals surface area (Å²) in [5, 5.41) is 2.76. The fraction of sp³-hybridized carbons (Fsp3) is 0.167. The first kappa shape index (κ1) is 15.6. The van der Waals surface area contributed by atoms with Crippen molar-refractivity contribution in [2.45, 2.75) is 13.0 Å². The van der Waals surface area contributed by atoms with E-state index in [0.29, 0.717) is 0 Å². The molecule has 0 aliphatic rings. The van der Waals surface area contributed by atoms with Crippen LogP contribution in [0.1, 0.15) is 18.5 Å². The van der Waals surface area contributed by atoms with Crippen LogP contribution in [-0.2, 0) is 4.79 Å². The van der Waals surface area contributed by atoms with E-state index < -0.39 is 17.8 Å². The number of ether oxygens (including phenoxy) is 1. The van der Waals surface area contributed by atoms with Gasteiger partial charge in [-0.15, -0.1) is 0 Å². The van der Waals surface area contributed by atoms with E-state index in [-0.39, 0.29) is 12.4 Å². The van der Waals surface area contributed by atoms with Gasteiger partial charge in [0.15, 0.2) is 11.6 Å². The smallest absolute Gasteiger partial charge is 0.296 e. The molecule has 3 nitrogen and oxygen atoms in total. The van der Waals surface area contributed by atoms with E-state index in [0.717, 1.165) is 5.56 Å². The number of halogens is 1. The molecule has 1 unspecified atom stereocenters. The fourth-order valence-electron chi connectivity index (χ4n) is 1.95. The average Bonchev–Trinajstić information content (AvgIpc) is 2.54. The highest BCUT2D eigenvalue weighted by atomic mass is 19.1. The Kier molecular flexibility index (Phi) is 5.56. The second kappa shape index (κ2) is 7.84. The Morgan fingerprint density at radius 1 is 1.18 bits per heavy atom. The summed E-state index contributed by atoms with van der Waals surface area (Å²) in [5.74, 6) is 4.29. The van der Waals surface area contributed by atoms with Gasteiger partial charge in [0.1, 0.15) is 6.61 Å². The van der Waals surface area contributed by atoms with Gasteiger partial charge in [0.25, 0.3) is 5.91 Å². The molecule has 0 aliphatic heterocycles. The minimum Gasteiger partial charge on any atom is -0.488 e. The van der Waals surface area contributed by atoms with Crippen molar-refractivity contribution in [1.29, 1.82) is 0 Å². The Bertz CT molecular complexity index is 689. The van der Waals surface area contributed by atoms with E-state index in [1.807, 2.05) is 30.3 Å². The van der Waals surface area contributed by atoms with Crippen LogP contribution in [0.25, 0.3) is 0 Å². The van der Waals surface area contributed by atoms with Gasteiger partial charge in [0, 0.05) is 0 Å². The lowest BCUT2D eigenvalue weighted by molar-refractivity contribution is -0.116. The zero-order valence-electron chi connectivity index (χ0n) is 12.2. The molecule has 1 amide bonds. The molecule has 2 aromatic carbocycles. The average molecular weight is 297 g/mol. The van der Waals surface area contributed by atoms with Crippen molar-refractivity contribution in [3.8, 4) is 17.6 Å². The number of amides is 1. The third-order valence-electron chi connectivity index (χ3n) is 2.99. The van der Waals surface area contributed by atoms with Crippen LogP contribution in [0.3, 0.4) is 0 Å². The van der Waals surface area contributed by atoms with Crippen LogP contribution >= 0.6 is 0 Å². The predicted octanol–water partition coefficient (Wildman–Crippen LogP) is 3.09. The first-order valence-electron chi connectivity index (χ1n) is 6.86. The summed E-state index contributed by atoms with van der Waals surface area (Å²) < 4.78 is 19.1. The number of carbonyl (C=O) groups is 1. The molecule has 1 atom stereocenters. The lowest BCUT2D eigenvalue weighted by Crippen LogP contribution is -2.31. The van der Waals surface area contributed by atoms with Crippen LogP contribution in [0.2, 0.25) is 0 Å². The maximum Gasteiger partial charge on any atom is 0.296 e. The second-order valence-electron chi connectivity index (χ2n) is 4.55. The first-order valence-corrected chi connectivity index (χ1v) is 6.86. The number of para-hydroxylation sites is 1. The fourth-order valence-corrected chi connectivity index (χ4v) is 1.95. The maximum absolute atomic E-state index is 13.6. The standard InChI is InChI=1S/C18H16FNO2/c1-2-8-18(21)20-16(14-9-4-3-5-10-14)13-22-17-12-7-6-11-15(17)19/h3-7,9-12,16H,13H2,1H3,(H,20,21). The number of hydrogen-bond acceptors (Lipinski definition) is 2. The van der Waals surface area contributed by atoms with Crippen molar-refractivity contribution < 1.29 is 13.9 Å². The molecule has 0 radical (unpaired) electrons. The highest BCUT2D eigenvalue weighted by molar-refractivity contribution is 5.93. The molecule has 0 saturated heterocycles. The monoisotopic (exact) mass is 297 g/mol. The lowest BCUT2D eigenvalue weighted by Gasteiger charge is -2.18. The number of nitrogens with one attached hydrogen (secondary N) is 1. The SMILES string of the molecule is CC#CC(=O)NC(COc1ccccc1F)c1ccccc1. The molecule has 2 rings (SSSR count). The van der Waals surface area contributed by atoms with Gasteiger partial charge in [-0.2, -0.15) is 0 Å². The maximum atomic E-state index is 13.6. The molecule has 22 heavy (non-hydrogen) atoms. The predicted molar refractivity (Wildman–Crippen MR) is 82.7 cm³/mol. The molecule has 1 N–H and O–H groups in total. The minimum atomic E-state index is -0.436. The van der Waals surface area contributed by atoms with Crippen molar-refractivity contribution in [2.75, 3.05) is 6.61 Å². The molecule has 0 aliphatic carbocycles. The third-order valence-corrected chi connectivity index (χ3v) is 2.99. The summed E-state index contributed by atoms with van der Waals surface area (Å²) in [4.78, 5) is 11.7. The van der Waals surface area contributed by atoms with E-state index in [1.165, 1.54) is 6.07 Å². The Balaban J connectivity index is 2.12. The van der Waals surface area contributed by atoms with E-state index in [4.69, 9.17) is 4.74 Å². The van der Waals surface area contributed by atoms with Crippen LogP contribution in [0.4, 0.5) is 4.39 Å². The zero-order chi connectivity index (χ0) is 15.8. The summed E-state index contributed by atoms with van der Waals surface area (Å²) in [6.45, 7) is 1.70. The van der Waals surface area contributed by atoms with E-state index in [9.17, 15) is 9.18 Å². The molecule has 0 aromatic heterocycles. The van der Waals surface area contributed by atoms with Gasteiger partial charge >= 0.3 is 0 Å². The Morgan fingerprint density at radius 2 is 1.86 bits per heavy atom. The molecule has 0 bridgehead atoms. The van der Waals surface area contributed by atoms with Gasteiger partial charge in [0.2, 0.25) is 0 Å². The Hall–Kier alpha value is -2.80. The molecular formula is C18H16FNO2. The normalized spacial score (nSPS) is 11.0. The van der Waals surface area contributed by atoms with Crippen molar-refractivity contribution in [1.82, 2.24) is 5.32 Å². The van der Waals surface area contributed by atoms with Crippen molar-refractivity contribution >= 4 is 5.91 Å². The molecule has 0 fully saturated rings. The quantitative estimate of drug-likeness (QED) is 0.861. The van der Waals surface area contributed by atoms with Gasteiger partial charge in [-0.05, 0) is 30.5 Å². The number of hydrogen-bond donors (Lipinski definition) is 1. The second-order valence-corrected chi connectivity index (χ2v) is 4.55. The van der Waals surface area contributed by atoms with Crippen LogP contribution in [0.15, 0.2) is 54.6 Å². The molecule has 4 heteroatoms. The van der Waals surface area contributed by atoms with Crippen LogP contribution in [0, 0.1) is 17.7 Å². The van der Waals surface area contributed by atoms with E-state index in [1.54, 1.807) is 25.1 Å². The third kappa shape index (κ3) is 4.35. The molecule has 2 aromatic rings. The molecular weight excluding hydrogens is 281 g/mol. The zero-order valence-corrected chi connectivity index (χ0v) is 12.2. The first-order chi connectivity index (χ1) is 10.7. The summed E-state index contributed by atoms with van der Waals surface area (Å²) >= 11 is 0. The molecule has 0 heterocycles. The summed E-state index contributed by atoms with van der Waals surface area (Å²) in [5.41, 5.74) is 0.866. The summed E-state index contributed by atoms with van der Waals surface area (Å²) in [6, 6.07) is 15.1. The minimum absolute atomic E-state index is 0.113. The number of carbonyl (C=O) groups excluding carboxylic acids is 1. The van der Waals surface area contributed by atoms with Crippen molar-refractivity contribution in [2.24, 2.45) is 0 Å². The number of benzene rings is 2. The van der Waals surface area contributed by atoms with Gasteiger partial charge in [-0.3, -0.25) is 4.79 Å². The van der Waals surface area contributed by atoms with Gasteiger partial charge in [-0.1, -0.05) is 48.4 Å². The summed E-state index contributed by atoms with van der Waals surface area (Å²) in [7, 11) is 0.